The highest BCUT2D eigenvalue weighted by molar-refractivity contribution is 5.70. The van der Waals surface area contributed by atoms with Gasteiger partial charge in [0.05, 0.1) is 5.92 Å². The Morgan fingerprint density at radius 2 is 1.53 bits per heavy atom. The van der Waals surface area contributed by atoms with E-state index in [1.165, 1.54) is 12.8 Å². The van der Waals surface area contributed by atoms with E-state index in [0.29, 0.717) is 5.92 Å². The van der Waals surface area contributed by atoms with Crippen LogP contribution in [0.4, 0.5) is 0 Å². The first-order valence-corrected chi connectivity index (χ1v) is 7.34. The molecule has 0 bridgehead atoms. The maximum atomic E-state index is 10.5. The van der Waals surface area contributed by atoms with Gasteiger partial charge in [-0.3, -0.25) is 4.79 Å². The Labute approximate surface area is 109 Å². The first-order valence-electron chi connectivity index (χ1n) is 7.34. The zero-order chi connectivity index (χ0) is 14.3. The summed E-state index contributed by atoms with van der Waals surface area (Å²) in [5.74, 6) is -0.0369. The molecule has 1 fully saturated rings. The van der Waals surface area contributed by atoms with Crippen LogP contribution in [0.5, 0.6) is 0 Å². The van der Waals surface area contributed by atoms with Crippen molar-refractivity contribution in [3.05, 3.63) is 0 Å². The molecule has 0 saturated heterocycles. The van der Waals surface area contributed by atoms with E-state index in [9.17, 15) is 4.79 Å². The Kier molecular flexibility index (Phi) is 22.8. The molecule has 106 valence electrons. The minimum atomic E-state index is -0.605. The first-order chi connectivity index (χ1) is 8.11. The minimum Gasteiger partial charge on any atom is -0.481 e. The van der Waals surface area contributed by atoms with E-state index in [-0.39, 0.29) is 5.92 Å². The second-order valence-corrected chi connectivity index (χ2v) is 4.01. The second-order valence-electron chi connectivity index (χ2n) is 4.01. The van der Waals surface area contributed by atoms with Crippen LogP contribution in [0.15, 0.2) is 0 Å². The minimum absolute atomic E-state index is 0.0521. The average Bonchev–Trinajstić information content (AvgIpc) is 2.35. The Morgan fingerprint density at radius 3 is 1.76 bits per heavy atom. The topological polar surface area (TPSA) is 37.3 Å². The second kappa shape index (κ2) is 17.9. The molecule has 0 aromatic rings. The number of carbonyl (C=O) groups is 1. The van der Waals surface area contributed by atoms with Crippen LogP contribution in [0, 0.1) is 11.8 Å². The van der Waals surface area contributed by atoms with Gasteiger partial charge in [-0.05, 0) is 18.8 Å². The fraction of sp³-hybridized carbons (Fsp3) is 0.933. The number of carboxylic acids is 1. The van der Waals surface area contributed by atoms with E-state index in [0.717, 1.165) is 19.3 Å². The van der Waals surface area contributed by atoms with Gasteiger partial charge in [-0.2, -0.15) is 0 Å². The van der Waals surface area contributed by atoms with E-state index in [1.807, 2.05) is 27.7 Å². The van der Waals surface area contributed by atoms with Gasteiger partial charge in [-0.25, -0.2) is 0 Å². The van der Waals surface area contributed by atoms with Gasteiger partial charge >= 0.3 is 5.97 Å². The number of hydrogen-bond acceptors (Lipinski definition) is 1. The van der Waals surface area contributed by atoms with Gasteiger partial charge in [0.15, 0.2) is 0 Å². The lowest BCUT2D eigenvalue weighted by Crippen LogP contribution is -2.20. The molecule has 0 heterocycles. The summed E-state index contributed by atoms with van der Waals surface area (Å²) in [7, 11) is 0. The van der Waals surface area contributed by atoms with Crippen LogP contribution in [-0.4, -0.2) is 11.1 Å². The molecule has 0 aliphatic heterocycles. The molecule has 2 atom stereocenters. The van der Waals surface area contributed by atoms with Crippen LogP contribution in [-0.2, 0) is 4.79 Å². The molecular formula is C15H34O2. The van der Waals surface area contributed by atoms with Gasteiger partial charge in [0.2, 0.25) is 0 Å². The van der Waals surface area contributed by atoms with Crippen molar-refractivity contribution in [3.63, 3.8) is 0 Å². The third kappa shape index (κ3) is 15.5. The van der Waals surface area contributed by atoms with Crippen LogP contribution in [0.25, 0.3) is 0 Å². The molecule has 2 heteroatoms. The third-order valence-corrected chi connectivity index (χ3v) is 2.29. The van der Waals surface area contributed by atoms with Crippen LogP contribution in [0.1, 0.15) is 80.6 Å². The standard InChI is InChI=1S/C8H14O2.C3H8.2C2H6/c1-6-3-2-4-7(5-6)8(9)10;1-3-2;2*1-2/h6-7H,2-5H2,1H3,(H,9,10);3H2,1-2H3;2*1-2H3/t6-,7+;;;/m1.../s1. The zero-order valence-electron chi connectivity index (χ0n) is 13.0. The van der Waals surface area contributed by atoms with Crippen molar-refractivity contribution in [2.24, 2.45) is 11.8 Å². The summed E-state index contributed by atoms with van der Waals surface area (Å²) in [6, 6.07) is 0. The number of rotatable bonds is 1. The fourth-order valence-electron chi connectivity index (χ4n) is 1.66. The summed E-state index contributed by atoms with van der Waals surface area (Å²) in [5, 5.41) is 8.66. The molecule has 1 rings (SSSR count). The number of aliphatic carboxylic acids is 1. The van der Waals surface area contributed by atoms with Crippen molar-refractivity contribution in [1.82, 2.24) is 0 Å². The summed E-state index contributed by atoms with van der Waals surface area (Å²) in [5.41, 5.74) is 0. The monoisotopic (exact) mass is 246 g/mol. The summed E-state index contributed by atoms with van der Waals surface area (Å²) in [4.78, 5) is 10.5. The smallest absolute Gasteiger partial charge is 0.306 e. The molecule has 0 unspecified atom stereocenters. The molecule has 0 amide bonds. The van der Waals surface area contributed by atoms with E-state index in [4.69, 9.17) is 5.11 Å². The van der Waals surface area contributed by atoms with Gasteiger partial charge in [-0.1, -0.05) is 67.7 Å². The van der Waals surface area contributed by atoms with Crippen molar-refractivity contribution < 1.29 is 9.90 Å². The summed E-state index contributed by atoms with van der Waals surface area (Å²) in [6.45, 7) is 14.4. The largest absolute Gasteiger partial charge is 0.481 e. The van der Waals surface area contributed by atoms with Crippen molar-refractivity contribution in [2.75, 3.05) is 0 Å². The zero-order valence-corrected chi connectivity index (χ0v) is 13.0. The summed E-state index contributed by atoms with van der Waals surface area (Å²) >= 11 is 0. The number of hydrogen-bond donors (Lipinski definition) is 1. The van der Waals surface area contributed by atoms with Gasteiger partial charge < -0.3 is 5.11 Å². The maximum absolute atomic E-state index is 10.5. The summed E-state index contributed by atoms with van der Waals surface area (Å²) in [6.07, 6.45) is 5.33. The Bertz CT molecular complexity index is 144. The molecule has 1 N–H and O–H groups in total. The predicted molar refractivity (Wildman–Crippen MR) is 77.4 cm³/mol. The molecule has 1 aliphatic rings. The van der Waals surface area contributed by atoms with Crippen molar-refractivity contribution in [3.8, 4) is 0 Å². The normalized spacial score (nSPS) is 21.6. The van der Waals surface area contributed by atoms with Gasteiger partial charge in [0.25, 0.3) is 0 Å². The highest BCUT2D eigenvalue weighted by atomic mass is 16.4. The molecule has 1 saturated carbocycles. The van der Waals surface area contributed by atoms with E-state index >= 15 is 0 Å². The molecule has 0 aromatic heterocycles. The summed E-state index contributed by atoms with van der Waals surface area (Å²) < 4.78 is 0. The molecule has 0 aromatic carbocycles. The van der Waals surface area contributed by atoms with Crippen LogP contribution in [0.2, 0.25) is 0 Å². The predicted octanol–water partition coefficient (Wildman–Crippen LogP) is 5.37. The molecule has 17 heavy (non-hydrogen) atoms. The Morgan fingerprint density at radius 1 is 1.12 bits per heavy atom. The SMILES string of the molecule is CC.CC.CCC.C[C@@H]1CCC[C@H](C(=O)O)C1. The average molecular weight is 246 g/mol. The third-order valence-electron chi connectivity index (χ3n) is 2.29. The van der Waals surface area contributed by atoms with Crippen molar-refractivity contribution in [1.29, 1.82) is 0 Å². The number of carboxylic acid groups (broad SMARTS) is 1. The van der Waals surface area contributed by atoms with E-state index < -0.39 is 5.97 Å². The van der Waals surface area contributed by atoms with Crippen LogP contribution in [0.3, 0.4) is 0 Å². The van der Waals surface area contributed by atoms with Crippen LogP contribution >= 0.6 is 0 Å². The quantitative estimate of drug-likeness (QED) is 0.675. The Hall–Kier alpha value is -0.530. The highest BCUT2D eigenvalue weighted by Gasteiger charge is 2.23. The lowest BCUT2D eigenvalue weighted by Gasteiger charge is -2.22. The maximum Gasteiger partial charge on any atom is 0.306 e. The first kappa shape index (κ1) is 21.7. The van der Waals surface area contributed by atoms with Gasteiger partial charge in [-0.15, -0.1) is 0 Å². The fourth-order valence-corrected chi connectivity index (χ4v) is 1.66. The lowest BCUT2D eigenvalue weighted by atomic mass is 9.83. The molecule has 0 spiro atoms. The Balaban J connectivity index is -0.000000239. The molecular weight excluding hydrogens is 212 g/mol. The van der Waals surface area contributed by atoms with Crippen LogP contribution < -0.4 is 0 Å². The highest BCUT2D eigenvalue weighted by Crippen LogP contribution is 2.28. The molecule has 0 radical (unpaired) electrons. The van der Waals surface area contributed by atoms with Crippen molar-refractivity contribution in [2.45, 2.75) is 80.6 Å². The lowest BCUT2D eigenvalue weighted by molar-refractivity contribution is -0.143. The molecule has 2 nitrogen and oxygen atoms in total. The van der Waals surface area contributed by atoms with Gasteiger partial charge in [0.1, 0.15) is 0 Å². The molecule has 1 aliphatic carbocycles. The van der Waals surface area contributed by atoms with E-state index in [2.05, 4.69) is 20.8 Å². The van der Waals surface area contributed by atoms with Gasteiger partial charge in [0, 0.05) is 0 Å². The van der Waals surface area contributed by atoms with Crippen molar-refractivity contribution >= 4 is 5.97 Å². The van der Waals surface area contributed by atoms with E-state index in [1.54, 1.807) is 0 Å².